The Kier molecular flexibility index (Phi) is 3.39. The van der Waals surface area contributed by atoms with E-state index in [1.54, 1.807) is 4.90 Å². The van der Waals surface area contributed by atoms with Crippen LogP contribution in [0, 0.1) is 0 Å². The number of carbonyl (C=O) groups excluding carboxylic acids is 2. The maximum Gasteiger partial charge on any atom is 0.595 e. The molecule has 1 rings (SSSR count). The molecule has 0 aromatic rings. The first-order chi connectivity index (χ1) is 6.79. The number of nitrogens with zero attached hydrogens (tertiary/aromatic N) is 1. The predicted molar refractivity (Wildman–Crippen MR) is 55.1 cm³/mol. The molecule has 0 bridgehead atoms. The molecule has 0 saturated carbocycles. The summed E-state index contributed by atoms with van der Waals surface area (Å²) in [6.45, 7) is 7.55. The molecule has 15 heavy (non-hydrogen) atoms. The molecule has 1 saturated heterocycles. The fourth-order valence-electron chi connectivity index (χ4n) is 1.31. The summed E-state index contributed by atoms with van der Waals surface area (Å²) in [7, 11) is -0.785. The summed E-state index contributed by atoms with van der Waals surface area (Å²) < 4.78 is 9.73. The highest BCUT2D eigenvalue weighted by molar-refractivity contribution is 6.47. The smallest absolute Gasteiger partial charge is 0.498 e. The van der Waals surface area contributed by atoms with Gasteiger partial charge >= 0.3 is 19.1 Å². The van der Waals surface area contributed by atoms with Crippen molar-refractivity contribution in [3.63, 3.8) is 0 Å². The topological polar surface area (TPSA) is 55.8 Å². The summed E-state index contributed by atoms with van der Waals surface area (Å²) in [6, 6.07) is 0. The van der Waals surface area contributed by atoms with Gasteiger partial charge in [0.15, 0.2) is 0 Å². The van der Waals surface area contributed by atoms with Gasteiger partial charge in [-0.2, -0.15) is 0 Å². The molecule has 84 valence electrons. The minimum Gasteiger partial charge on any atom is -0.498 e. The van der Waals surface area contributed by atoms with E-state index in [9.17, 15) is 9.59 Å². The van der Waals surface area contributed by atoms with Gasteiger partial charge in [-0.3, -0.25) is 14.5 Å². The Morgan fingerprint density at radius 1 is 1.13 bits per heavy atom. The summed E-state index contributed by atoms with van der Waals surface area (Å²) in [6.07, 6.45) is 0. The van der Waals surface area contributed by atoms with E-state index in [-0.39, 0.29) is 30.6 Å². The molecule has 0 aliphatic carbocycles. The molecule has 0 aromatic heterocycles. The van der Waals surface area contributed by atoms with E-state index in [0.29, 0.717) is 0 Å². The van der Waals surface area contributed by atoms with Crippen LogP contribution in [0.1, 0.15) is 20.8 Å². The second-order valence-corrected chi connectivity index (χ2v) is 4.57. The van der Waals surface area contributed by atoms with Crippen molar-refractivity contribution in [3.05, 3.63) is 0 Å². The minimum absolute atomic E-state index is 0.114. The quantitative estimate of drug-likeness (QED) is 0.542. The highest BCUT2D eigenvalue weighted by atomic mass is 16.6. The molecule has 0 amide bonds. The van der Waals surface area contributed by atoms with Gasteiger partial charge < -0.3 is 9.31 Å². The molecule has 5 nitrogen and oxygen atoms in total. The van der Waals surface area contributed by atoms with Crippen molar-refractivity contribution in [2.24, 2.45) is 0 Å². The fourth-order valence-corrected chi connectivity index (χ4v) is 1.31. The van der Waals surface area contributed by atoms with Crippen LogP contribution in [0.2, 0.25) is 6.82 Å². The first kappa shape index (κ1) is 12.0. The van der Waals surface area contributed by atoms with E-state index in [4.69, 9.17) is 9.31 Å². The second kappa shape index (κ2) is 4.22. The van der Waals surface area contributed by atoms with Crippen LogP contribution in [0.3, 0.4) is 0 Å². The van der Waals surface area contributed by atoms with Gasteiger partial charge in [0.2, 0.25) is 0 Å². The highest BCUT2D eigenvalue weighted by Gasteiger charge is 2.32. The summed E-state index contributed by atoms with van der Waals surface area (Å²) in [5.74, 6) is -0.741. The van der Waals surface area contributed by atoms with E-state index < -0.39 is 7.12 Å². The molecule has 1 fully saturated rings. The minimum atomic E-state index is -0.785. The molecule has 0 radical (unpaired) electrons. The Morgan fingerprint density at radius 2 is 1.53 bits per heavy atom. The van der Waals surface area contributed by atoms with Gasteiger partial charge in [0.25, 0.3) is 0 Å². The maximum atomic E-state index is 11.4. The highest BCUT2D eigenvalue weighted by Crippen LogP contribution is 2.14. The molecule has 1 heterocycles. The van der Waals surface area contributed by atoms with Crippen LogP contribution in [0.25, 0.3) is 0 Å². The number of rotatable bonds is 0. The van der Waals surface area contributed by atoms with Crippen molar-refractivity contribution in [1.29, 1.82) is 0 Å². The molecule has 1 aliphatic heterocycles. The van der Waals surface area contributed by atoms with E-state index in [1.807, 2.05) is 20.8 Å². The zero-order valence-corrected chi connectivity index (χ0v) is 9.57. The average molecular weight is 213 g/mol. The van der Waals surface area contributed by atoms with Crippen LogP contribution in [0.15, 0.2) is 0 Å². The molecule has 6 heteroatoms. The summed E-state index contributed by atoms with van der Waals surface area (Å²) >= 11 is 0. The van der Waals surface area contributed by atoms with Crippen molar-refractivity contribution in [2.45, 2.75) is 33.1 Å². The molecule has 1 aliphatic rings. The van der Waals surface area contributed by atoms with Gasteiger partial charge in [0.1, 0.15) is 0 Å². The van der Waals surface area contributed by atoms with Gasteiger partial charge in [-0.25, -0.2) is 0 Å². The van der Waals surface area contributed by atoms with Crippen LogP contribution in [0.4, 0.5) is 0 Å². The lowest BCUT2D eigenvalue weighted by atomic mass is 9.94. The molecular formula is C9H16BNO4. The van der Waals surface area contributed by atoms with E-state index >= 15 is 0 Å². The third-order valence-corrected chi connectivity index (χ3v) is 2.18. The standard InChI is InChI=1S/C9H16BNO4/c1-9(2,3)11-5-7(12)14-10(4)15-8(13)6-11/h5-6H2,1-4H3. The molecular weight excluding hydrogens is 197 g/mol. The predicted octanol–water partition coefficient (Wildman–Crippen LogP) is 0.305. The molecule has 0 unspecified atom stereocenters. The van der Waals surface area contributed by atoms with Crippen LogP contribution in [0.5, 0.6) is 0 Å². The molecule has 0 N–H and O–H groups in total. The Balaban J connectivity index is 2.75. The lowest BCUT2D eigenvalue weighted by molar-refractivity contribution is -0.148. The molecule has 0 atom stereocenters. The first-order valence-corrected chi connectivity index (χ1v) is 4.93. The zero-order valence-electron chi connectivity index (χ0n) is 9.57. The molecule has 0 spiro atoms. The number of hydrogen-bond acceptors (Lipinski definition) is 5. The summed E-state index contributed by atoms with van der Waals surface area (Å²) in [5, 5.41) is 0. The fraction of sp³-hybridized carbons (Fsp3) is 0.778. The zero-order chi connectivity index (χ0) is 11.6. The van der Waals surface area contributed by atoms with E-state index in [1.165, 1.54) is 6.82 Å². The Morgan fingerprint density at radius 3 is 1.87 bits per heavy atom. The monoisotopic (exact) mass is 213 g/mol. The number of carbonyl (C=O) groups is 2. The maximum absolute atomic E-state index is 11.4. The largest absolute Gasteiger partial charge is 0.595 e. The van der Waals surface area contributed by atoms with Gasteiger partial charge in [-0.15, -0.1) is 0 Å². The third kappa shape index (κ3) is 3.55. The van der Waals surface area contributed by atoms with Crippen LogP contribution in [-0.4, -0.2) is 42.6 Å². The average Bonchev–Trinajstić information content (AvgIpc) is 1.97. The number of hydrogen-bond donors (Lipinski definition) is 0. The SMILES string of the molecule is CB1OC(=O)CN(C(C)(C)C)CC(=O)O1. The van der Waals surface area contributed by atoms with Crippen molar-refractivity contribution >= 4 is 19.1 Å². The first-order valence-electron chi connectivity index (χ1n) is 4.93. The van der Waals surface area contributed by atoms with Gasteiger partial charge in [-0.1, -0.05) is 0 Å². The van der Waals surface area contributed by atoms with E-state index in [0.717, 1.165) is 0 Å². The normalized spacial score (nSPS) is 20.4. The van der Waals surface area contributed by atoms with Crippen molar-refractivity contribution in [1.82, 2.24) is 4.90 Å². The van der Waals surface area contributed by atoms with Gasteiger partial charge in [0.05, 0.1) is 13.1 Å². The Hall–Kier alpha value is -1.04. The van der Waals surface area contributed by atoms with Crippen LogP contribution >= 0.6 is 0 Å². The summed E-state index contributed by atoms with van der Waals surface area (Å²) in [5.41, 5.74) is -0.265. The third-order valence-electron chi connectivity index (χ3n) is 2.18. The second-order valence-electron chi connectivity index (χ2n) is 4.57. The van der Waals surface area contributed by atoms with Crippen LogP contribution in [-0.2, 0) is 18.9 Å². The Bertz CT molecular complexity index is 254. The van der Waals surface area contributed by atoms with E-state index in [2.05, 4.69) is 0 Å². The van der Waals surface area contributed by atoms with Crippen molar-refractivity contribution in [2.75, 3.05) is 13.1 Å². The van der Waals surface area contributed by atoms with Crippen LogP contribution < -0.4 is 0 Å². The van der Waals surface area contributed by atoms with Crippen molar-refractivity contribution < 1.29 is 18.9 Å². The lowest BCUT2D eigenvalue weighted by Crippen LogP contribution is -2.51. The lowest BCUT2D eigenvalue weighted by Gasteiger charge is -2.35. The van der Waals surface area contributed by atoms with Gasteiger partial charge in [0, 0.05) is 5.54 Å². The Labute approximate surface area is 89.9 Å². The summed E-state index contributed by atoms with van der Waals surface area (Å²) in [4.78, 5) is 24.4. The molecule has 0 aromatic carbocycles. The van der Waals surface area contributed by atoms with Gasteiger partial charge in [-0.05, 0) is 27.6 Å². The van der Waals surface area contributed by atoms with Crippen molar-refractivity contribution in [3.8, 4) is 0 Å².